The van der Waals surface area contributed by atoms with E-state index >= 15 is 0 Å². The Balaban J connectivity index is 2.45. The largest absolute Gasteiger partial charge is 0.502 e. The quantitative estimate of drug-likeness (QED) is 0.698. The van der Waals surface area contributed by atoms with Crippen LogP contribution in [0.25, 0.3) is 0 Å². The molecule has 0 aliphatic carbocycles. The minimum atomic E-state index is 0.0515. The summed E-state index contributed by atoms with van der Waals surface area (Å²) in [7, 11) is 0. The Morgan fingerprint density at radius 2 is 2.36 bits per heavy atom. The molecule has 0 aliphatic heterocycles. The van der Waals surface area contributed by atoms with Crippen molar-refractivity contribution in [3.63, 3.8) is 0 Å². The minimum Gasteiger partial charge on any atom is -0.502 e. The number of hydrogen-bond acceptors (Lipinski definition) is 2. The first-order valence-electron chi connectivity index (χ1n) is 3.41. The van der Waals surface area contributed by atoms with Gasteiger partial charge in [-0.05, 0) is 30.8 Å². The number of hydrogen-bond donors (Lipinski definition) is 1. The van der Waals surface area contributed by atoms with Crippen LogP contribution in [0.3, 0.4) is 0 Å². The van der Waals surface area contributed by atoms with E-state index in [1.165, 1.54) is 0 Å². The monoisotopic (exact) mass is 167 g/mol. The Hall–Kier alpha value is -0.960. The third-order valence-corrected chi connectivity index (χ3v) is 1.53. The molecule has 3 heteroatoms. The first kappa shape index (κ1) is 8.14. The summed E-state index contributed by atoms with van der Waals surface area (Å²) in [5.74, 6) is 0. The fraction of sp³-hybridized carbons (Fsp3) is 0.250. The lowest BCUT2D eigenvalue weighted by Gasteiger charge is -1.96. The summed E-state index contributed by atoms with van der Waals surface area (Å²) >= 11 is 4.52. The predicted molar refractivity (Wildman–Crippen MR) is 47.8 cm³/mol. The van der Waals surface area contributed by atoms with Crippen molar-refractivity contribution >= 4 is 17.3 Å². The molecule has 0 unspecified atom stereocenters. The molecule has 0 spiro atoms. The highest BCUT2D eigenvalue weighted by atomic mass is 32.1. The first-order valence-corrected chi connectivity index (χ1v) is 3.81. The fourth-order valence-electron chi connectivity index (χ4n) is 0.781. The smallest absolute Gasteiger partial charge is 0.156 e. The maximum atomic E-state index is 8.72. The maximum Gasteiger partial charge on any atom is 0.156 e. The number of thiocarbonyl (C=S) groups is 1. The molecule has 11 heavy (non-hydrogen) atoms. The molecule has 0 aliphatic rings. The van der Waals surface area contributed by atoms with Crippen molar-refractivity contribution in [3.8, 4) is 0 Å². The topological polar surface area (TPSA) is 33.1 Å². The number of nitrogens with zero attached hydrogens (tertiary/aromatic N) is 1. The first-order chi connectivity index (χ1) is 5.29. The van der Waals surface area contributed by atoms with Crippen LogP contribution in [-0.4, -0.2) is 15.1 Å². The predicted octanol–water partition coefficient (Wildman–Crippen LogP) is 1.90. The van der Waals surface area contributed by atoms with E-state index in [9.17, 15) is 0 Å². The van der Waals surface area contributed by atoms with Crippen molar-refractivity contribution in [2.45, 2.75) is 12.8 Å². The van der Waals surface area contributed by atoms with Gasteiger partial charge in [-0.3, -0.25) is 4.98 Å². The lowest BCUT2D eigenvalue weighted by molar-refractivity contribution is 0.547. The molecule has 0 saturated heterocycles. The van der Waals surface area contributed by atoms with Crippen LogP contribution in [0, 0.1) is 0 Å². The zero-order valence-electron chi connectivity index (χ0n) is 6.03. The summed E-state index contributed by atoms with van der Waals surface area (Å²) in [4.78, 5) is 4.08. The molecule has 0 saturated carbocycles. The Labute approximate surface area is 70.9 Å². The molecule has 0 fully saturated rings. The van der Waals surface area contributed by atoms with Gasteiger partial charge < -0.3 is 5.11 Å². The van der Waals surface area contributed by atoms with Crippen molar-refractivity contribution in [3.05, 3.63) is 30.1 Å². The summed E-state index contributed by atoms with van der Waals surface area (Å²) in [6.07, 6.45) is 2.97. The number of rotatable bonds is 3. The van der Waals surface area contributed by atoms with Gasteiger partial charge in [-0.2, -0.15) is 0 Å². The zero-order valence-corrected chi connectivity index (χ0v) is 6.84. The highest BCUT2D eigenvalue weighted by molar-refractivity contribution is 7.80. The van der Waals surface area contributed by atoms with Gasteiger partial charge in [0, 0.05) is 18.3 Å². The molecule has 1 rings (SSSR count). The van der Waals surface area contributed by atoms with Crippen molar-refractivity contribution in [1.29, 1.82) is 0 Å². The van der Waals surface area contributed by atoms with E-state index in [1.54, 1.807) is 6.20 Å². The van der Waals surface area contributed by atoms with Gasteiger partial charge in [0.15, 0.2) is 5.05 Å². The van der Waals surface area contributed by atoms with E-state index in [0.717, 1.165) is 12.1 Å². The average Bonchev–Trinajstić information content (AvgIpc) is 2.03. The maximum absolute atomic E-state index is 8.72. The molecule has 0 amide bonds. The van der Waals surface area contributed by atoms with E-state index in [0.29, 0.717) is 6.42 Å². The van der Waals surface area contributed by atoms with Gasteiger partial charge in [0.25, 0.3) is 0 Å². The van der Waals surface area contributed by atoms with Crippen LogP contribution >= 0.6 is 12.2 Å². The third kappa shape index (κ3) is 3.09. The minimum absolute atomic E-state index is 0.0515. The second kappa shape index (κ2) is 4.03. The molecule has 0 atom stereocenters. The van der Waals surface area contributed by atoms with Crippen LogP contribution in [0.1, 0.15) is 12.1 Å². The van der Waals surface area contributed by atoms with Gasteiger partial charge in [0.1, 0.15) is 0 Å². The summed E-state index contributed by atoms with van der Waals surface area (Å²) in [6.45, 7) is 0. The van der Waals surface area contributed by atoms with Gasteiger partial charge in [-0.1, -0.05) is 6.07 Å². The fourth-order valence-corrected chi connectivity index (χ4v) is 0.883. The lowest BCUT2D eigenvalue weighted by Crippen LogP contribution is -1.96. The van der Waals surface area contributed by atoms with Gasteiger partial charge >= 0.3 is 0 Å². The number of pyridine rings is 1. The second-order valence-electron chi connectivity index (χ2n) is 2.21. The summed E-state index contributed by atoms with van der Waals surface area (Å²) in [5, 5.41) is 8.77. The zero-order chi connectivity index (χ0) is 8.10. The van der Waals surface area contributed by atoms with E-state index in [1.807, 2.05) is 18.2 Å². The van der Waals surface area contributed by atoms with Crippen molar-refractivity contribution in [2.24, 2.45) is 0 Å². The van der Waals surface area contributed by atoms with Crippen LogP contribution in [0.5, 0.6) is 0 Å². The van der Waals surface area contributed by atoms with Crippen LogP contribution < -0.4 is 0 Å². The van der Waals surface area contributed by atoms with E-state index in [4.69, 9.17) is 5.11 Å². The van der Waals surface area contributed by atoms with Gasteiger partial charge in [0.05, 0.1) is 0 Å². The normalized spacial score (nSPS) is 9.45. The van der Waals surface area contributed by atoms with Gasteiger partial charge in [0.2, 0.25) is 0 Å². The van der Waals surface area contributed by atoms with Gasteiger partial charge in [-0.15, -0.1) is 0 Å². The SMILES string of the molecule is OC(=S)CCc1ccccn1. The standard InChI is InChI=1S/C8H9NOS/c10-8(11)5-4-7-3-1-2-6-9-7/h1-3,6H,4-5H2,(H,10,11). The molecule has 1 heterocycles. The summed E-state index contributed by atoms with van der Waals surface area (Å²) in [5.41, 5.74) is 0.962. The highest BCUT2D eigenvalue weighted by Gasteiger charge is 1.94. The summed E-state index contributed by atoms with van der Waals surface area (Å²) in [6, 6.07) is 5.70. The molecule has 58 valence electrons. The Morgan fingerprint density at radius 1 is 1.55 bits per heavy atom. The van der Waals surface area contributed by atoms with E-state index < -0.39 is 0 Å². The molecular formula is C8H9NOS. The van der Waals surface area contributed by atoms with Crippen molar-refractivity contribution in [2.75, 3.05) is 0 Å². The number of aliphatic hydroxyl groups excluding tert-OH is 1. The lowest BCUT2D eigenvalue weighted by atomic mass is 10.2. The molecule has 2 nitrogen and oxygen atoms in total. The van der Waals surface area contributed by atoms with Gasteiger partial charge in [-0.25, -0.2) is 0 Å². The third-order valence-electron chi connectivity index (χ3n) is 1.32. The van der Waals surface area contributed by atoms with Crippen LogP contribution in [0.15, 0.2) is 24.4 Å². The molecule has 1 aromatic rings. The molecular weight excluding hydrogens is 158 g/mol. The number of aliphatic hydroxyl groups is 1. The molecule has 1 aromatic heterocycles. The average molecular weight is 167 g/mol. The van der Waals surface area contributed by atoms with E-state index in [2.05, 4.69) is 17.2 Å². The molecule has 0 bridgehead atoms. The molecule has 0 radical (unpaired) electrons. The van der Waals surface area contributed by atoms with Crippen LogP contribution in [-0.2, 0) is 6.42 Å². The van der Waals surface area contributed by atoms with Crippen molar-refractivity contribution in [1.82, 2.24) is 4.98 Å². The van der Waals surface area contributed by atoms with Crippen molar-refractivity contribution < 1.29 is 5.11 Å². The summed E-state index contributed by atoms with van der Waals surface area (Å²) < 4.78 is 0. The molecule has 0 aromatic carbocycles. The Morgan fingerprint density at radius 3 is 2.91 bits per heavy atom. The Bertz CT molecular complexity index is 235. The number of aryl methyl sites for hydroxylation is 1. The van der Waals surface area contributed by atoms with Crippen LogP contribution in [0.4, 0.5) is 0 Å². The van der Waals surface area contributed by atoms with E-state index in [-0.39, 0.29) is 5.05 Å². The molecule has 1 N–H and O–H groups in total. The van der Waals surface area contributed by atoms with Crippen LogP contribution in [0.2, 0.25) is 0 Å². The Kier molecular flexibility index (Phi) is 2.98. The number of aromatic nitrogens is 1. The highest BCUT2D eigenvalue weighted by Crippen LogP contribution is 1.98. The second-order valence-corrected chi connectivity index (χ2v) is 2.69.